The van der Waals surface area contributed by atoms with Gasteiger partial charge in [-0.1, -0.05) is 0 Å². The summed E-state index contributed by atoms with van der Waals surface area (Å²) in [5.74, 6) is 0.901. The van der Waals surface area contributed by atoms with Gasteiger partial charge in [-0.3, -0.25) is 0 Å². The van der Waals surface area contributed by atoms with E-state index in [-0.39, 0.29) is 12.4 Å². The lowest BCUT2D eigenvalue weighted by Gasteiger charge is -2.01. The van der Waals surface area contributed by atoms with Gasteiger partial charge in [0, 0.05) is 18.6 Å². The van der Waals surface area contributed by atoms with Gasteiger partial charge in [0.2, 0.25) is 0 Å². The SMILES string of the molecule is OCCCCC1=NN=C(c2ccc(F)cc2)[N]1. The smallest absolute Gasteiger partial charge is 0.183 e. The summed E-state index contributed by atoms with van der Waals surface area (Å²) in [5.41, 5.74) is 0.757. The van der Waals surface area contributed by atoms with Crippen molar-refractivity contribution in [1.82, 2.24) is 5.32 Å². The number of unbranched alkanes of at least 4 members (excludes halogenated alkanes) is 1. The highest BCUT2D eigenvalue weighted by Gasteiger charge is 2.14. The minimum Gasteiger partial charge on any atom is -0.396 e. The van der Waals surface area contributed by atoms with Crippen LogP contribution in [0.5, 0.6) is 0 Å². The van der Waals surface area contributed by atoms with E-state index in [4.69, 9.17) is 5.11 Å². The Hall–Kier alpha value is -1.75. The van der Waals surface area contributed by atoms with Crippen molar-refractivity contribution >= 4 is 11.7 Å². The van der Waals surface area contributed by atoms with E-state index in [1.165, 1.54) is 12.1 Å². The molecule has 0 fully saturated rings. The Morgan fingerprint density at radius 2 is 1.82 bits per heavy atom. The number of nitrogens with zero attached hydrogens (tertiary/aromatic N) is 3. The third kappa shape index (κ3) is 3.10. The second-order valence-electron chi connectivity index (χ2n) is 3.74. The molecule has 1 aliphatic heterocycles. The van der Waals surface area contributed by atoms with E-state index in [9.17, 15) is 4.39 Å². The maximum Gasteiger partial charge on any atom is 0.183 e. The largest absolute Gasteiger partial charge is 0.396 e. The molecule has 0 spiro atoms. The topological polar surface area (TPSA) is 59.1 Å². The molecule has 0 saturated carbocycles. The summed E-state index contributed by atoms with van der Waals surface area (Å²) in [7, 11) is 0. The number of benzene rings is 1. The number of halogens is 1. The molecule has 0 atom stereocenters. The zero-order valence-electron chi connectivity index (χ0n) is 9.30. The monoisotopic (exact) mass is 234 g/mol. The number of amidine groups is 2. The molecule has 4 nitrogen and oxygen atoms in total. The van der Waals surface area contributed by atoms with E-state index >= 15 is 0 Å². The predicted molar refractivity (Wildman–Crippen MR) is 63.4 cm³/mol. The van der Waals surface area contributed by atoms with Gasteiger partial charge in [-0.15, -0.1) is 10.2 Å². The second-order valence-corrected chi connectivity index (χ2v) is 3.74. The Bertz CT molecular complexity index is 440. The summed E-state index contributed by atoms with van der Waals surface area (Å²) in [6.45, 7) is 0.180. The number of hydrogen-bond donors (Lipinski definition) is 1. The maximum atomic E-state index is 12.7. The molecule has 17 heavy (non-hydrogen) atoms. The molecule has 0 aliphatic carbocycles. The van der Waals surface area contributed by atoms with Crippen LogP contribution in [0.2, 0.25) is 0 Å². The zero-order chi connectivity index (χ0) is 12.1. The molecule has 0 amide bonds. The van der Waals surface area contributed by atoms with E-state index in [2.05, 4.69) is 15.5 Å². The van der Waals surface area contributed by atoms with Gasteiger partial charge in [-0.05, 0) is 37.1 Å². The Kier molecular flexibility index (Phi) is 3.82. The third-order valence-corrected chi connectivity index (χ3v) is 2.41. The summed E-state index contributed by atoms with van der Waals surface area (Å²) in [6.07, 6.45) is 2.28. The molecule has 0 saturated heterocycles. The highest BCUT2D eigenvalue weighted by Crippen LogP contribution is 2.09. The number of rotatable bonds is 5. The van der Waals surface area contributed by atoms with E-state index in [1.54, 1.807) is 12.1 Å². The fraction of sp³-hybridized carbons (Fsp3) is 0.333. The third-order valence-electron chi connectivity index (χ3n) is 2.41. The van der Waals surface area contributed by atoms with Crippen LogP contribution < -0.4 is 5.32 Å². The van der Waals surface area contributed by atoms with Crippen LogP contribution in [0.3, 0.4) is 0 Å². The molecular weight excluding hydrogens is 221 g/mol. The first kappa shape index (κ1) is 11.7. The van der Waals surface area contributed by atoms with Crippen molar-refractivity contribution < 1.29 is 9.50 Å². The Labute approximate surface area is 98.9 Å². The molecular formula is C12H13FN3O. The van der Waals surface area contributed by atoms with Crippen molar-refractivity contribution in [3.05, 3.63) is 35.6 Å². The van der Waals surface area contributed by atoms with Gasteiger partial charge in [0.1, 0.15) is 5.82 Å². The van der Waals surface area contributed by atoms with Crippen molar-refractivity contribution in [1.29, 1.82) is 0 Å². The van der Waals surface area contributed by atoms with Gasteiger partial charge in [-0.2, -0.15) is 0 Å². The molecule has 1 radical (unpaired) electrons. The molecule has 89 valence electrons. The van der Waals surface area contributed by atoms with Crippen LogP contribution in [0.15, 0.2) is 34.5 Å². The zero-order valence-corrected chi connectivity index (χ0v) is 9.30. The van der Waals surface area contributed by atoms with Gasteiger partial charge >= 0.3 is 0 Å². The van der Waals surface area contributed by atoms with Crippen LogP contribution in [-0.2, 0) is 0 Å². The minimum atomic E-state index is -0.281. The quantitative estimate of drug-likeness (QED) is 0.774. The number of aliphatic hydroxyl groups excluding tert-OH is 1. The standard InChI is InChI=1S/C12H13FN3O/c13-10-6-4-9(5-7-10)12-14-11(15-16-12)3-1-2-8-17/h4-7,17H,1-3,8H2. The van der Waals surface area contributed by atoms with Gasteiger partial charge in [-0.25, -0.2) is 9.71 Å². The predicted octanol–water partition coefficient (Wildman–Crippen LogP) is 1.67. The molecule has 1 aliphatic rings. The van der Waals surface area contributed by atoms with Crippen molar-refractivity contribution in [3.63, 3.8) is 0 Å². The highest BCUT2D eigenvalue weighted by atomic mass is 19.1. The molecule has 2 rings (SSSR count). The fourth-order valence-electron chi connectivity index (χ4n) is 1.49. The van der Waals surface area contributed by atoms with Crippen LogP contribution >= 0.6 is 0 Å². The minimum absolute atomic E-state index is 0.180. The highest BCUT2D eigenvalue weighted by molar-refractivity contribution is 6.11. The summed E-state index contributed by atoms with van der Waals surface area (Å²) in [4.78, 5) is 0. The molecule has 0 bridgehead atoms. The van der Waals surface area contributed by atoms with Crippen molar-refractivity contribution in [3.8, 4) is 0 Å². The Morgan fingerprint density at radius 1 is 1.06 bits per heavy atom. The van der Waals surface area contributed by atoms with Crippen LogP contribution in [0.1, 0.15) is 24.8 Å². The first-order chi connectivity index (χ1) is 8.29. The van der Waals surface area contributed by atoms with E-state index in [1.807, 2.05) is 0 Å². The normalized spacial score (nSPS) is 14.2. The lowest BCUT2D eigenvalue weighted by atomic mass is 10.2. The molecule has 1 heterocycles. The Balaban J connectivity index is 1.89. The first-order valence-corrected chi connectivity index (χ1v) is 5.52. The van der Waals surface area contributed by atoms with Crippen LogP contribution in [0.25, 0.3) is 0 Å². The molecule has 0 unspecified atom stereocenters. The molecule has 5 heteroatoms. The van der Waals surface area contributed by atoms with Crippen molar-refractivity contribution in [2.45, 2.75) is 19.3 Å². The van der Waals surface area contributed by atoms with Crippen LogP contribution in [0, 0.1) is 5.82 Å². The maximum absolute atomic E-state index is 12.7. The summed E-state index contributed by atoms with van der Waals surface area (Å²) < 4.78 is 12.7. The van der Waals surface area contributed by atoms with Crippen LogP contribution in [-0.4, -0.2) is 23.4 Å². The van der Waals surface area contributed by atoms with Crippen molar-refractivity contribution in [2.24, 2.45) is 10.2 Å². The number of aliphatic hydroxyl groups is 1. The summed E-state index contributed by atoms with van der Waals surface area (Å²) in [6, 6.07) is 6.00. The first-order valence-electron chi connectivity index (χ1n) is 5.52. The van der Waals surface area contributed by atoms with Gasteiger partial charge in [0.15, 0.2) is 11.7 Å². The van der Waals surface area contributed by atoms with Gasteiger partial charge in [0.05, 0.1) is 0 Å². The second kappa shape index (κ2) is 5.54. The van der Waals surface area contributed by atoms with Gasteiger partial charge in [0.25, 0.3) is 0 Å². The summed E-state index contributed by atoms with van der Waals surface area (Å²) in [5, 5.41) is 20.8. The average molecular weight is 234 g/mol. The lowest BCUT2D eigenvalue weighted by molar-refractivity contribution is 0.285. The number of hydrogen-bond acceptors (Lipinski definition) is 3. The molecule has 1 N–H and O–H groups in total. The molecule has 0 aromatic heterocycles. The molecule has 1 aromatic carbocycles. The summed E-state index contributed by atoms with van der Waals surface area (Å²) >= 11 is 0. The van der Waals surface area contributed by atoms with Gasteiger partial charge < -0.3 is 5.11 Å². The fourth-order valence-corrected chi connectivity index (χ4v) is 1.49. The molecule has 1 aromatic rings. The van der Waals surface area contributed by atoms with E-state index in [0.717, 1.165) is 18.4 Å². The average Bonchev–Trinajstić information content (AvgIpc) is 2.79. The van der Waals surface area contributed by atoms with E-state index < -0.39 is 0 Å². The van der Waals surface area contributed by atoms with Crippen LogP contribution in [0.4, 0.5) is 4.39 Å². The van der Waals surface area contributed by atoms with Crippen molar-refractivity contribution in [2.75, 3.05) is 6.61 Å². The lowest BCUT2D eigenvalue weighted by Crippen LogP contribution is -2.19. The Morgan fingerprint density at radius 3 is 2.53 bits per heavy atom. The van der Waals surface area contributed by atoms with E-state index in [0.29, 0.717) is 18.1 Å².